The van der Waals surface area contributed by atoms with Crippen molar-refractivity contribution in [3.8, 4) is 0 Å². The van der Waals surface area contributed by atoms with E-state index >= 15 is 0 Å². The lowest BCUT2D eigenvalue weighted by atomic mass is 10.2. The molecule has 0 aliphatic carbocycles. The molecule has 0 radical (unpaired) electrons. The molecule has 0 saturated carbocycles. The second-order valence-electron chi connectivity index (χ2n) is 6.99. The number of anilines is 1. The molecule has 6 nitrogen and oxygen atoms in total. The molecule has 0 amide bonds. The summed E-state index contributed by atoms with van der Waals surface area (Å²) < 4.78 is 8.19. The van der Waals surface area contributed by atoms with Crippen molar-refractivity contribution in [3.63, 3.8) is 0 Å². The Morgan fingerprint density at radius 3 is 2.77 bits per heavy atom. The average Bonchev–Trinajstić information content (AvgIpc) is 2.98. The molecule has 0 spiro atoms. The lowest BCUT2D eigenvalue weighted by Crippen LogP contribution is -2.38. The molecule has 1 unspecified atom stereocenters. The minimum absolute atomic E-state index is 0.00154. The fraction of sp³-hybridized carbons (Fsp3) is 0.400. The maximum absolute atomic E-state index is 6.01. The van der Waals surface area contributed by atoms with Gasteiger partial charge in [0.25, 0.3) is 0 Å². The number of benzene rings is 1. The molecule has 1 saturated heterocycles. The SMILES string of the molecule is CN(C)c1cccc(C2CN(Cc3nc4ccccc4n3C)CCO2)n1. The third-order valence-corrected chi connectivity index (χ3v) is 4.94. The summed E-state index contributed by atoms with van der Waals surface area (Å²) in [4.78, 5) is 14.0. The first kappa shape index (κ1) is 17.0. The van der Waals surface area contributed by atoms with E-state index in [1.165, 1.54) is 5.52 Å². The Morgan fingerprint density at radius 1 is 1.12 bits per heavy atom. The van der Waals surface area contributed by atoms with Gasteiger partial charge in [-0.05, 0) is 24.3 Å². The van der Waals surface area contributed by atoms with Gasteiger partial charge in [-0.25, -0.2) is 9.97 Å². The molecule has 26 heavy (non-hydrogen) atoms. The maximum atomic E-state index is 6.01. The molecule has 2 aromatic heterocycles. The summed E-state index contributed by atoms with van der Waals surface area (Å²) in [6, 6.07) is 14.4. The van der Waals surface area contributed by atoms with Crippen LogP contribution < -0.4 is 4.90 Å². The molecule has 4 rings (SSSR count). The average molecular weight is 351 g/mol. The van der Waals surface area contributed by atoms with Crippen LogP contribution in [0.25, 0.3) is 11.0 Å². The molecule has 3 aromatic rings. The summed E-state index contributed by atoms with van der Waals surface area (Å²) in [5.41, 5.74) is 3.22. The van der Waals surface area contributed by atoms with Crippen LogP contribution in [0.15, 0.2) is 42.5 Å². The smallest absolute Gasteiger partial charge is 0.128 e. The highest BCUT2D eigenvalue weighted by Crippen LogP contribution is 2.24. The van der Waals surface area contributed by atoms with E-state index in [1.54, 1.807) is 0 Å². The fourth-order valence-electron chi connectivity index (χ4n) is 3.43. The van der Waals surface area contributed by atoms with E-state index in [0.29, 0.717) is 6.61 Å². The monoisotopic (exact) mass is 351 g/mol. The number of imidazole rings is 1. The Kier molecular flexibility index (Phi) is 4.61. The van der Waals surface area contributed by atoms with Gasteiger partial charge in [0, 0.05) is 34.2 Å². The van der Waals surface area contributed by atoms with Crippen LogP contribution in [0.2, 0.25) is 0 Å². The van der Waals surface area contributed by atoms with Gasteiger partial charge in [-0.3, -0.25) is 4.90 Å². The number of hydrogen-bond acceptors (Lipinski definition) is 5. The summed E-state index contributed by atoms with van der Waals surface area (Å²) >= 11 is 0. The van der Waals surface area contributed by atoms with Crippen molar-refractivity contribution >= 4 is 16.9 Å². The number of hydrogen-bond donors (Lipinski definition) is 0. The van der Waals surface area contributed by atoms with Gasteiger partial charge in [-0.1, -0.05) is 18.2 Å². The minimum Gasteiger partial charge on any atom is -0.369 e. The van der Waals surface area contributed by atoms with E-state index in [0.717, 1.165) is 42.5 Å². The first-order valence-electron chi connectivity index (χ1n) is 9.00. The predicted molar refractivity (Wildman–Crippen MR) is 103 cm³/mol. The lowest BCUT2D eigenvalue weighted by Gasteiger charge is -2.32. The van der Waals surface area contributed by atoms with Crippen LogP contribution in [0, 0.1) is 0 Å². The molecule has 1 aromatic carbocycles. The van der Waals surface area contributed by atoms with E-state index in [2.05, 4.69) is 40.8 Å². The van der Waals surface area contributed by atoms with Gasteiger partial charge in [0.1, 0.15) is 17.7 Å². The number of morpholine rings is 1. The van der Waals surface area contributed by atoms with Crippen molar-refractivity contribution in [2.75, 3.05) is 38.7 Å². The Bertz CT molecular complexity index is 904. The van der Waals surface area contributed by atoms with E-state index in [4.69, 9.17) is 14.7 Å². The van der Waals surface area contributed by atoms with Crippen molar-refractivity contribution in [1.29, 1.82) is 0 Å². The van der Waals surface area contributed by atoms with Crippen LogP contribution in [0.5, 0.6) is 0 Å². The Balaban J connectivity index is 1.51. The molecule has 0 N–H and O–H groups in total. The van der Waals surface area contributed by atoms with Gasteiger partial charge in [-0.2, -0.15) is 0 Å². The second kappa shape index (κ2) is 7.05. The van der Waals surface area contributed by atoms with Gasteiger partial charge >= 0.3 is 0 Å². The molecule has 1 atom stereocenters. The van der Waals surface area contributed by atoms with Crippen LogP contribution in [0.3, 0.4) is 0 Å². The number of pyridine rings is 1. The molecule has 1 aliphatic heterocycles. The highest BCUT2D eigenvalue weighted by atomic mass is 16.5. The summed E-state index contributed by atoms with van der Waals surface area (Å²) in [5, 5.41) is 0. The number of fused-ring (bicyclic) bond motifs is 1. The molecule has 6 heteroatoms. The van der Waals surface area contributed by atoms with E-state index in [-0.39, 0.29) is 6.10 Å². The van der Waals surface area contributed by atoms with Gasteiger partial charge < -0.3 is 14.2 Å². The third kappa shape index (κ3) is 3.30. The molecule has 3 heterocycles. The topological polar surface area (TPSA) is 46.4 Å². The standard InChI is InChI=1S/C20H25N5O/c1-23(2)19-10-6-8-16(22-19)18-13-25(11-12-26-18)14-20-21-15-7-4-5-9-17(15)24(20)3/h4-10,18H,11-14H2,1-3H3. The lowest BCUT2D eigenvalue weighted by molar-refractivity contribution is -0.0358. The molecular weight excluding hydrogens is 326 g/mol. The van der Waals surface area contributed by atoms with Crippen LogP contribution in [-0.2, 0) is 18.3 Å². The van der Waals surface area contributed by atoms with Gasteiger partial charge in [-0.15, -0.1) is 0 Å². The van der Waals surface area contributed by atoms with E-state index in [9.17, 15) is 0 Å². The number of aromatic nitrogens is 3. The molecule has 1 fully saturated rings. The molecule has 136 valence electrons. The molecule has 0 bridgehead atoms. The van der Waals surface area contributed by atoms with Crippen LogP contribution in [-0.4, -0.2) is 53.2 Å². The summed E-state index contributed by atoms with van der Waals surface area (Å²) in [7, 11) is 6.10. The van der Waals surface area contributed by atoms with Crippen LogP contribution in [0.4, 0.5) is 5.82 Å². The largest absolute Gasteiger partial charge is 0.369 e. The van der Waals surface area contributed by atoms with Crippen LogP contribution >= 0.6 is 0 Å². The minimum atomic E-state index is -0.00154. The Hall–Kier alpha value is -2.44. The number of aryl methyl sites for hydroxylation is 1. The summed E-state index contributed by atoms with van der Waals surface area (Å²) in [6.45, 7) is 3.26. The Labute approximate surface area is 154 Å². The highest BCUT2D eigenvalue weighted by Gasteiger charge is 2.24. The molecular formula is C20H25N5O. The van der Waals surface area contributed by atoms with E-state index < -0.39 is 0 Å². The van der Waals surface area contributed by atoms with Gasteiger partial charge in [0.05, 0.1) is 29.9 Å². The van der Waals surface area contributed by atoms with Crippen molar-refractivity contribution in [3.05, 3.63) is 54.0 Å². The number of ether oxygens (including phenoxy) is 1. The van der Waals surface area contributed by atoms with E-state index in [1.807, 2.05) is 37.2 Å². The zero-order valence-corrected chi connectivity index (χ0v) is 15.6. The van der Waals surface area contributed by atoms with Gasteiger partial charge in [0.15, 0.2) is 0 Å². The molecule has 1 aliphatic rings. The number of para-hydroxylation sites is 2. The fourth-order valence-corrected chi connectivity index (χ4v) is 3.43. The highest BCUT2D eigenvalue weighted by molar-refractivity contribution is 5.75. The third-order valence-electron chi connectivity index (χ3n) is 4.94. The zero-order chi connectivity index (χ0) is 18.1. The van der Waals surface area contributed by atoms with Crippen LogP contribution in [0.1, 0.15) is 17.6 Å². The summed E-state index contributed by atoms with van der Waals surface area (Å²) in [6.07, 6.45) is -0.00154. The number of nitrogens with zero attached hydrogens (tertiary/aromatic N) is 5. The maximum Gasteiger partial charge on any atom is 0.128 e. The van der Waals surface area contributed by atoms with Crippen molar-refractivity contribution in [2.45, 2.75) is 12.6 Å². The van der Waals surface area contributed by atoms with Crippen molar-refractivity contribution in [1.82, 2.24) is 19.4 Å². The zero-order valence-electron chi connectivity index (χ0n) is 15.6. The number of rotatable bonds is 4. The Morgan fingerprint density at radius 2 is 1.96 bits per heavy atom. The second-order valence-corrected chi connectivity index (χ2v) is 6.99. The van der Waals surface area contributed by atoms with Gasteiger partial charge in [0.2, 0.25) is 0 Å². The first-order chi connectivity index (χ1) is 12.6. The van der Waals surface area contributed by atoms with Crippen molar-refractivity contribution < 1.29 is 4.74 Å². The predicted octanol–water partition coefficient (Wildman–Crippen LogP) is 2.61. The normalized spacial score (nSPS) is 18.3. The first-order valence-corrected chi connectivity index (χ1v) is 9.00. The quantitative estimate of drug-likeness (QED) is 0.723. The summed E-state index contributed by atoms with van der Waals surface area (Å²) in [5.74, 6) is 2.04. The van der Waals surface area contributed by atoms with Crippen molar-refractivity contribution in [2.24, 2.45) is 7.05 Å².